The number of anilines is 1. The first-order valence-corrected chi connectivity index (χ1v) is 10.8. The number of ether oxygens (including phenoxy) is 5. The lowest BCUT2D eigenvalue weighted by Crippen LogP contribution is -2.34. The zero-order valence-electron chi connectivity index (χ0n) is 18.8. The van der Waals surface area contributed by atoms with Crippen LogP contribution in [-0.4, -0.2) is 38.1 Å². The first-order valence-electron chi connectivity index (χ1n) is 10.4. The molecule has 1 heterocycles. The number of hydrogen-bond acceptors (Lipinski definition) is 6. The molecule has 1 aliphatic heterocycles. The molecular formula is C25H26N2O5S. The van der Waals surface area contributed by atoms with Crippen LogP contribution in [0.4, 0.5) is 5.69 Å². The van der Waals surface area contributed by atoms with E-state index in [1.54, 1.807) is 21.3 Å². The molecule has 1 N–H and O–H groups in total. The average molecular weight is 467 g/mol. The molecule has 0 saturated carbocycles. The van der Waals surface area contributed by atoms with Crippen LogP contribution in [-0.2, 0) is 13.1 Å². The van der Waals surface area contributed by atoms with Gasteiger partial charge in [-0.15, -0.1) is 0 Å². The monoisotopic (exact) mass is 466 g/mol. The molecule has 172 valence electrons. The van der Waals surface area contributed by atoms with Crippen molar-refractivity contribution in [3.63, 3.8) is 0 Å². The molecule has 0 radical (unpaired) electrons. The van der Waals surface area contributed by atoms with Crippen molar-refractivity contribution in [1.29, 1.82) is 0 Å². The van der Waals surface area contributed by atoms with Crippen molar-refractivity contribution >= 4 is 23.0 Å². The maximum atomic E-state index is 5.82. The van der Waals surface area contributed by atoms with E-state index in [0.29, 0.717) is 29.7 Å². The molecule has 1 aliphatic rings. The van der Waals surface area contributed by atoms with Gasteiger partial charge in [-0.25, -0.2) is 0 Å². The molecule has 3 aromatic carbocycles. The van der Waals surface area contributed by atoms with Crippen LogP contribution < -0.4 is 29.0 Å². The van der Waals surface area contributed by atoms with Gasteiger partial charge in [0.05, 0.1) is 27.0 Å². The Balaban J connectivity index is 1.57. The fourth-order valence-corrected chi connectivity index (χ4v) is 3.75. The van der Waals surface area contributed by atoms with E-state index in [-0.39, 0.29) is 6.79 Å². The van der Waals surface area contributed by atoms with E-state index < -0.39 is 0 Å². The summed E-state index contributed by atoms with van der Waals surface area (Å²) in [4.78, 5) is 2.08. The summed E-state index contributed by atoms with van der Waals surface area (Å²) >= 11 is 5.82. The Morgan fingerprint density at radius 2 is 1.48 bits per heavy atom. The Morgan fingerprint density at radius 1 is 0.818 bits per heavy atom. The molecule has 0 aliphatic carbocycles. The molecule has 33 heavy (non-hydrogen) atoms. The summed E-state index contributed by atoms with van der Waals surface area (Å²) in [6, 6.07) is 19.4. The molecule has 0 spiro atoms. The van der Waals surface area contributed by atoms with Gasteiger partial charge in [-0.05, 0) is 59.7 Å². The summed E-state index contributed by atoms with van der Waals surface area (Å²) < 4.78 is 27.1. The Hall–Kier alpha value is -3.65. The van der Waals surface area contributed by atoms with Crippen molar-refractivity contribution in [3.8, 4) is 28.7 Å². The molecule has 4 rings (SSSR count). The van der Waals surface area contributed by atoms with Gasteiger partial charge in [-0.3, -0.25) is 0 Å². The fraction of sp³-hybridized carbons (Fsp3) is 0.240. The van der Waals surface area contributed by atoms with Crippen LogP contribution in [0.15, 0.2) is 60.7 Å². The number of benzene rings is 3. The van der Waals surface area contributed by atoms with Gasteiger partial charge < -0.3 is 33.9 Å². The minimum absolute atomic E-state index is 0.242. The molecule has 0 atom stereocenters. The summed E-state index contributed by atoms with van der Waals surface area (Å²) in [5, 5.41) is 3.89. The number of methoxy groups -OCH3 is 3. The van der Waals surface area contributed by atoms with E-state index in [1.165, 1.54) is 0 Å². The Morgan fingerprint density at radius 3 is 2.21 bits per heavy atom. The highest BCUT2D eigenvalue weighted by Gasteiger charge is 2.18. The molecule has 3 aromatic rings. The Labute approximate surface area is 198 Å². The lowest BCUT2D eigenvalue weighted by molar-refractivity contribution is 0.174. The van der Waals surface area contributed by atoms with Crippen molar-refractivity contribution in [2.45, 2.75) is 13.1 Å². The molecule has 0 saturated heterocycles. The normalized spacial score (nSPS) is 11.6. The minimum Gasteiger partial charge on any atom is -0.497 e. The molecule has 8 heteroatoms. The third-order valence-electron chi connectivity index (χ3n) is 5.28. The highest BCUT2D eigenvalue weighted by Crippen LogP contribution is 2.33. The van der Waals surface area contributed by atoms with Crippen LogP contribution >= 0.6 is 12.2 Å². The predicted octanol–water partition coefficient (Wildman–Crippen LogP) is 4.84. The van der Waals surface area contributed by atoms with E-state index in [2.05, 4.69) is 10.2 Å². The van der Waals surface area contributed by atoms with Crippen LogP contribution in [0.5, 0.6) is 28.7 Å². The Kier molecular flexibility index (Phi) is 7.04. The second-order valence-electron chi connectivity index (χ2n) is 7.39. The summed E-state index contributed by atoms with van der Waals surface area (Å²) in [5.74, 6) is 3.66. The van der Waals surface area contributed by atoms with E-state index >= 15 is 0 Å². The van der Waals surface area contributed by atoms with Crippen LogP contribution in [0.3, 0.4) is 0 Å². The standard InChI is InChI=1S/C25H26N2O5S/c1-28-19-7-4-17(5-8-19)14-27(15-18-6-11-22-24(12-18)32-16-31-22)25(33)26-21-10-9-20(29-2)13-23(21)30-3/h4-13H,14-16H2,1-3H3,(H,26,33). The minimum atomic E-state index is 0.242. The van der Waals surface area contributed by atoms with Crippen molar-refractivity contribution in [1.82, 2.24) is 4.90 Å². The average Bonchev–Trinajstić information content (AvgIpc) is 3.32. The predicted molar refractivity (Wildman–Crippen MR) is 131 cm³/mol. The number of nitrogens with one attached hydrogen (secondary N) is 1. The van der Waals surface area contributed by atoms with Gasteiger partial charge >= 0.3 is 0 Å². The highest BCUT2D eigenvalue weighted by molar-refractivity contribution is 7.80. The highest BCUT2D eigenvalue weighted by atomic mass is 32.1. The Bertz CT molecular complexity index is 1120. The van der Waals surface area contributed by atoms with E-state index in [0.717, 1.165) is 34.1 Å². The molecule has 0 fully saturated rings. The first kappa shape index (κ1) is 22.5. The number of hydrogen-bond donors (Lipinski definition) is 1. The maximum absolute atomic E-state index is 5.82. The third-order valence-corrected chi connectivity index (χ3v) is 5.64. The fourth-order valence-electron chi connectivity index (χ4n) is 3.51. The molecule has 0 bridgehead atoms. The lowest BCUT2D eigenvalue weighted by atomic mass is 10.1. The van der Waals surface area contributed by atoms with Gasteiger partial charge in [0.2, 0.25) is 6.79 Å². The van der Waals surface area contributed by atoms with Gasteiger partial charge in [0.1, 0.15) is 17.2 Å². The molecule has 0 amide bonds. The van der Waals surface area contributed by atoms with Crippen LogP contribution in [0, 0.1) is 0 Å². The topological polar surface area (TPSA) is 61.4 Å². The second kappa shape index (κ2) is 10.3. The number of rotatable bonds is 8. The largest absolute Gasteiger partial charge is 0.497 e. The van der Waals surface area contributed by atoms with Crippen molar-refractivity contribution in [2.75, 3.05) is 33.4 Å². The number of thiocarbonyl (C=S) groups is 1. The quantitative estimate of drug-likeness (QED) is 0.473. The summed E-state index contributed by atoms with van der Waals surface area (Å²) in [7, 11) is 4.89. The van der Waals surface area contributed by atoms with Crippen LogP contribution in [0.2, 0.25) is 0 Å². The zero-order valence-corrected chi connectivity index (χ0v) is 19.6. The van der Waals surface area contributed by atoms with E-state index in [1.807, 2.05) is 60.7 Å². The van der Waals surface area contributed by atoms with Gasteiger partial charge in [0.25, 0.3) is 0 Å². The number of fused-ring (bicyclic) bond motifs is 1. The van der Waals surface area contributed by atoms with E-state index in [9.17, 15) is 0 Å². The van der Waals surface area contributed by atoms with E-state index in [4.69, 9.17) is 35.9 Å². The zero-order chi connectivity index (χ0) is 23.2. The molecule has 0 aromatic heterocycles. The van der Waals surface area contributed by atoms with Gasteiger partial charge in [-0.2, -0.15) is 0 Å². The van der Waals surface area contributed by atoms with Gasteiger partial charge in [0, 0.05) is 19.2 Å². The molecule has 0 unspecified atom stereocenters. The number of nitrogens with zero attached hydrogens (tertiary/aromatic N) is 1. The third kappa shape index (κ3) is 5.40. The lowest BCUT2D eigenvalue weighted by Gasteiger charge is -2.27. The second-order valence-corrected chi connectivity index (χ2v) is 7.77. The van der Waals surface area contributed by atoms with Crippen LogP contribution in [0.25, 0.3) is 0 Å². The van der Waals surface area contributed by atoms with Crippen molar-refractivity contribution < 1.29 is 23.7 Å². The maximum Gasteiger partial charge on any atom is 0.231 e. The van der Waals surface area contributed by atoms with Gasteiger partial charge in [-0.1, -0.05) is 18.2 Å². The van der Waals surface area contributed by atoms with Crippen molar-refractivity contribution in [2.24, 2.45) is 0 Å². The van der Waals surface area contributed by atoms with Gasteiger partial charge in [0.15, 0.2) is 16.6 Å². The van der Waals surface area contributed by atoms with Crippen molar-refractivity contribution in [3.05, 3.63) is 71.8 Å². The summed E-state index contributed by atoms with van der Waals surface area (Å²) in [6.07, 6.45) is 0. The molecular weight excluding hydrogens is 440 g/mol. The molecule has 7 nitrogen and oxygen atoms in total. The van der Waals surface area contributed by atoms with Crippen LogP contribution in [0.1, 0.15) is 11.1 Å². The summed E-state index contributed by atoms with van der Waals surface area (Å²) in [5.41, 5.74) is 2.91. The smallest absolute Gasteiger partial charge is 0.231 e. The summed E-state index contributed by atoms with van der Waals surface area (Å²) in [6.45, 7) is 1.42. The first-order chi connectivity index (χ1) is 16.1. The SMILES string of the molecule is COc1ccc(CN(Cc2ccc3c(c2)OCO3)C(=S)Nc2ccc(OC)cc2OC)cc1.